The lowest BCUT2D eigenvalue weighted by molar-refractivity contribution is -0.870. The molecule has 0 aliphatic carbocycles. The van der Waals surface area contributed by atoms with Gasteiger partial charge in [-0.25, -0.2) is 0 Å². The third kappa shape index (κ3) is 41.6. The maximum absolute atomic E-state index is 12.7. The molecule has 2 atom stereocenters. The molecule has 0 aromatic rings. The van der Waals surface area contributed by atoms with E-state index in [9.17, 15) is 19.0 Å². The van der Waals surface area contributed by atoms with Crippen LogP contribution in [0, 0.1) is 0 Å². The van der Waals surface area contributed by atoms with Gasteiger partial charge in [0.2, 0.25) is 0 Å². The third-order valence-electron chi connectivity index (χ3n) is 9.32. The average Bonchev–Trinajstić information content (AvgIpc) is 3.15. The van der Waals surface area contributed by atoms with Crippen LogP contribution in [0.1, 0.15) is 181 Å². The minimum Gasteiger partial charge on any atom is -0.756 e. The smallest absolute Gasteiger partial charge is 0.306 e. The normalized spacial score (nSPS) is 14.0. The summed E-state index contributed by atoms with van der Waals surface area (Å²) in [5.41, 5.74) is 0. The highest BCUT2D eigenvalue weighted by Crippen LogP contribution is 2.38. The van der Waals surface area contributed by atoms with Crippen LogP contribution in [0.5, 0.6) is 0 Å². The molecule has 56 heavy (non-hydrogen) atoms. The van der Waals surface area contributed by atoms with E-state index in [0.29, 0.717) is 23.9 Å². The van der Waals surface area contributed by atoms with Gasteiger partial charge in [0.25, 0.3) is 7.82 Å². The predicted molar refractivity (Wildman–Crippen MR) is 231 cm³/mol. The summed E-state index contributed by atoms with van der Waals surface area (Å²) in [7, 11) is 1.14. The molecular formula is C46H84NO8P. The summed E-state index contributed by atoms with van der Waals surface area (Å²) >= 11 is 0. The van der Waals surface area contributed by atoms with E-state index in [1.165, 1.54) is 83.5 Å². The number of phosphoric acid groups is 1. The molecule has 0 N–H and O–H groups in total. The zero-order chi connectivity index (χ0) is 41.4. The van der Waals surface area contributed by atoms with Gasteiger partial charge in [0.1, 0.15) is 19.8 Å². The Morgan fingerprint density at radius 1 is 0.554 bits per heavy atom. The Balaban J connectivity index is 4.43. The summed E-state index contributed by atoms with van der Waals surface area (Å²) in [6, 6.07) is 0. The fraction of sp³-hybridized carbons (Fsp3) is 0.783. The molecule has 0 bridgehead atoms. The highest BCUT2D eigenvalue weighted by Gasteiger charge is 2.21. The molecule has 0 heterocycles. The van der Waals surface area contributed by atoms with Crippen molar-refractivity contribution in [1.29, 1.82) is 0 Å². The van der Waals surface area contributed by atoms with Gasteiger partial charge in [0.15, 0.2) is 6.10 Å². The molecule has 0 aromatic carbocycles. The van der Waals surface area contributed by atoms with Crippen molar-refractivity contribution in [2.45, 2.75) is 187 Å². The molecule has 0 aromatic heterocycles. The van der Waals surface area contributed by atoms with E-state index in [0.717, 1.165) is 57.8 Å². The maximum Gasteiger partial charge on any atom is 0.306 e. The number of allylic oxidation sites excluding steroid dienone is 8. The van der Waals surface area contributed by atoms with E-state index in [-0.39, 0.29) is 26.1 Å². The SMILES string of the molecule is CCCCC/C=C/C/C=C/C/C=C/CCCCCCC(=O)OC[C@H](COP(=O)([O-])OCC[N+](C)(C)C)OC(=O)CCCC/C=C/CCCCCCCCCCC. The lowest BCUT2D eigenvalue weighted by Crippen LogP contribution is -2.37. The Morgan fingerprint density at radius 3 is 1.52 bits per heavy atom. The number of carbonyl (C=O) groups is 2. The topological polar surface area (TPSA) is 111 Å². The molecule has 0 aliphatic heterocycles. The highest BCUT2D eigenvalue weighted by atomic mass is 31.2. The quantitative estimate of drug-likeness (QED) is 0.0198. The number of esters is 2. The second-order valence-corrected chi connectivity index (χ2v) is 17.5. The van der Waals surface area contributed by atoms with Crippen LogP contribution >= 0.6 is 7.82 Å². The summed E-state index contributed by atoms with van der Waals surface area (Å²) < 4.78 is 33.8. The Hall–Kier alpha value is -2.03. The second kappa shape index (κ2) is 38.5. The van der Waals surface area contributed by atoms with E-state index in [1.807, 2.05) is 21.1 Å². The maximum atomic E-state index is 12.7. The number of phosphoric ester groups is 1. The van der Waals surface area contributed by atoms with Crippen LogP contribution in [-0.2, 0) is 32.7 Å². The molecule has 0 fully saturated rings. The van der Waals surface area contributed by atoms with E-state index in [2.05, 4.69) is 62.5 Å². The Morgan fingerprint density at radius 2 is 0.964 bits per heavy atom. The number of ether oxygens (including phenoxy) is 2. The predicted octanol–water partition coefficient (Wildman–Crippen LogP) is 12.1. The molecule has 0 saturated heterocycles. The summed E-state index contributed by atoms with van der Waals surface area (Å²) in [6.07, 6.45) is 44.2. The standard InChI is InChI=1S/C46H84NO8P/c1-6-8-10-12-14-16-18-20-22-23-25-26-28-30-32-34-36-38-45(48)52-42-44(43-54-56(50,51)53-41-40-47(3,4)5)55-46(49)39-37-35-33-31-29-27-24-21-19-17-15-13-11-9-7-2/h14,16,20,22,25-26,29,31,44H,6-13,15,17-19,21,23-24,27-28,30,32-43H2,1-5H3/b16-14+,22-20+,26-25+,31-29+/t44-/m1/s1. The van der Waals surface area contributed by atoms with E-state index < -0.39 is 32.5 Å². The van der Waals surface area contributed by atoms with Crippen LogP contribution in [-0.4, -0.2) is 70.0 Å². The monoisotopic (exact) mass is 810 g/mol. The molecule has 0 radical (unpaired) electrons. The Labute approximate surface area is 343 Å². The number of nitrogens with zero attached hydrogens (tertiary/aromatic N) is 1. The van der Waals surface area contributed by atoms with Crippen LogP contribution in [0.2, 0.25) is 0 Å². The zero-order valence-corrected chi connectivity index (χ0v) is 37.5. The van der Waals surface area contributed by atoms with Crippen molar-refractivity contribution in [1.82, 2.24) is 0 Å². The van der Waals surface area contributed by atoms with Crippen molar-refractivity contribution in [3.05, 3.63) is 48.6 Å². The van der Waals surface area contributed by atoms with Gasteiger partial charge >= 0.3 is 11.9 Å². The first-order valence-corrected chi connectivity index (χ1v) is 23.8. The van der Waals surface area contributed by atoms with E-state index in [4.69, 9.17) is 18.5 Å². The largest absolute Gasteiger partial charge is 0.756 e. The first kappa shape index (κ1) is 54.0. The van der Waals surface area contributed by atoms with Gasteiger partial charge in [-0.2, -0.15) is 0 Å². The average molecular weight is 810 g/mol. The van der Waals surface area contributed by atoms with Crippen LogP contribution in [0.15, 0.2) is 48.6 Å². The van der Waals surface area contributed by atoms with Crippen molar-refractivity contribution in [3.8, 4) is 0 Å². The van der Waals surface area contributed by atoms with Crippen LogP contribution < -0.4 is 4.89 Å². The van der Waals surface area contributed by atoms with Gasteiger partial charge < -0.3 is 27.9 Å². The second-order valence-electron chi connectivity index (χ2n) is 16.1. The fourth-order valence-electron chi connectivity index (χ4n) is 5.77. The molecule has 0 spiro atoms. The van der Waals surface area contributed by atoms with Crippen LogP contribution in [0.4, 0.5) is 0 Å². The van der Waals surface area contributed by atoms with Crippen LogP contribution in [0.3, 0.4) is 0 Å². The number of hydrogen-bond acceptors (Lipinski definition) is 8. The van der Waals surface area contributed by atoms with Gasteiger partial charge in [0, 0.05) is 12.8 Å². The van der Waals surface area contributed by atoms with Crippen molar-refractivity contribution >= 4 is 19.8 Å². The summed E-state index contributed by atoms with van der Waals surface area (Å²) in [6.45, 7) is 4.14. The highest BCUT2D eigenvalue weighted by molar-refractivity contribution is 7.45. The molecule has 0 amide bonds. The molecule has 9 nitrogen and oxygen atoms in total. The van der Waals surface area contributed by atoms with Gasteiger partial charge in [-0.15, -0.1) is 0 Å². The van der Waals surface area contributed by atoms with E-state index in [1.54, 1.807) is 0 Å². The summed E-state index contributed by atoms with van der Waals surface area (Å²) in [5, 5.41) is 0. The van der Waals surface area contributed by atoms with Crippen molar-refractivity contribution in [2.75, 3.05) is 47.5 Å². The molecule has 0 aliphatic rings. The molecule has 326 valence electrons. The van der Waals surface area contributed by atoms with Gasteiger partial charge in [0.05, 0.1) is 27.7 Å². The number of quaternary nitrogens is 1. The first-order valence-electron chi connectivity index (χ1n) is 22.3. The minimum absolute atomic E-state index is 0.0393. The molecule has 1 unspecified atom stereocenters. The minimum atomic E-state index is -4.64. The Bertz CT molecular complexity index is 1100. The third-order valence-corrected chi connectivity index (χ3v) is 10.3. The molecular weight excluding hydrogens is 725 g/mol. The number of likely N-dealkylation sites (N-methyl/N-ethyl adjacent to an activating group) is 1. The number of rotatable bonds is 40. The van der Waals surface area contributed by atoms with Gasteiger partial charge in [-0.3, -0.25) is 14.2 Å². The first-order chi connectivity index (χ1) is 27.0. The zero-order valence-electron chi connectivity index (χ0n) is 36.6. The summed E-state index contributed by atoms with van der Waals surface area (Å²) in [5.74, 6) is -0.886. The molecule has 10 heteroatoms. The van der Waals surface area contributed by atoms with E-state index >= 15 is 0 Å². The lowest BCUT2D eigenvalue weighted by Gasteiger charge is -2.28. The van der Waals surface area contributed by atoms with Crippen molar-refractivity contribution in [2.24, 2.45) is 0 Å². The van der Waals surface area contributed by atoms with Gasteiger partial charge in [-0.1, -0.05) is 140 Å². The molecule has 0 saturated carbocycles. The Kier molecular flexibility index (Phi) is 37.1. The molecule has 0 rings (SSSR count). The number of hydrogen-bond donors (Lipinski definition) is 0. The fourth-order valence-corrected chi connectivity index (χ4v) is 6.50. The van der Waals surface area contributed by atoms with Gasteiger partial charge in [-0.05, 0) is 77.0 Å². The summed E-state index contributed by atoms with van der Waals surface area (Å²) in [4.78, 5) is 37.5. The number of unbranched alkanes of at least 4 members (excludes halogenated alkanes) is 18. The lowest BCUT2D eigenvalue weighted by atomic mass is 10.1. The van der Waals surface area contributed by atoms with Crippen molar-refractivity contribution < 1.29 is 42.1 Å². The van der Waals surface area contributed by atoms with Crippen molar-refractivity contribution in [3.63, 3.8) is 0 Å². The number of carbonyl (C=O) groups excluding carboxylic acids is 2. The van der Waals surface area contributed by atoms with Crippen LogP contribution in [0.25, 0.3) is 0 Å².